The Hall–Kier alpha value is -2.37. The molecule has 1 atom stereocenters. The zero-order chi connectivity index (χ0) is 15.0. The number of primary amides is 1. The molecule has 3 amide bonds. The summed E-state index contributed by atoms with van der Waals surface area (Å²) in [7, 11) is 0. The molecule has 0 bridgehead atoms. The molecule has 0 aliphatic heterocycles. The lowest BCUT2D eigenvalue weighted by Crippen LogP contribution is -2.48. The van der Waals surface area contributed by atoms with Crippen molar-refractivity contribution in [3.63, 3.8) is 0 Å². The normalized spacial score (nSPS) is 11.4. The highest BCUT2D eigenvalue weighted by molar-refractivity contribution is 5.91. The summed E-state index contributed by atoms with van der Waals surface area (Å²) >= 11 is 0. The minimum absolute atomic E-state index is 0.212. The first-order chi connectivity index (χ1) is 9.49. The molecular weight excluding hydrogens is 258 g/mol. The van der Waals surface area contributed by atoms with E-state index in [9.17, 15) is 14.4 Å². The Morgan fingerprint density at radius 1 is 1.20 bits per heavy atom. The molecule has 20 heavy (non-hydrogen) atoms. The number of hydrogen-bond acceptors (Lipinski definition) is 3. The first kappa shape index (κ1) is 15.7. The Morgan fingerprint density at radius 2 is 1.85 bits per heavy atom. The van der Waals surface area contributed by atoms with E-state index in [0.29, 0.717) is 13.0 Å². The smallest absolute Gasteiger partial charge is 0.243 e. The molecule has 1 aromatic rings. The van der Waals surface area contributed by atoms with Gasteiger partial charge < -0.3 is 16.4 Å². The molecule has 0 saturated heterocycles. The fourth-order valence-electron chi connectivity index (χ4n) is 1.75. The summed E-state index contributed by atoms with van der Waals surface area (Å²) in [5, 5.41) is 5.09. The van der Waals surface area contributed by atoms with Gasteiger partial charge in [-0.3, -0.25) is 14.4 Å². The van der Waals surface area contributed by atoms with Gasteiger partial charge in [-0.25, -0.2) is 0 Å². The average Bonchev–Trinajstić information content (AvgIpc) is 2.38. The number of amides is 3. The van der Waals surface area contributed by atoms with Crippen molar-refractivity contribution in [2.24, 2.45) is 5.73 Å². The highest BCUT2D eigenvalue weighted by atomic mass is 16.2. The van der Waals surface area contributed by atoms with Crippen LogP contribution in [0.1, 0.15) is 18.9 Å². The van der Waals surface area contributed by atoms with E-state index in [2.05, 4.69) is 10.6 Å². The van der Waals surface area contributed by atoms with Gasteiger partial charge >= 0.3 is 0 Å². The molecule has 6 heteroatoms. The number of benzene rings is 1. The Balaban J connectivity index is 2.45. The maximum absolute atomic E-state index is 11.9. The van der Waals surface area contributed by atoms with Crippen LogP contribution in [-0.4, -0.2) is 30.3 Å². The van der Waals surface area contributed by atoms with Crippen molar-refractivity contribution in [1.82, 2.24) is 10.6 Å². The monoisotopic (exact) mass is 277 g/mol. The second-order valence-electron chi connectivity index (χ2n) is 4.45. The summed E-state index contributed by atoms with van der Waals surface area (Å²) in [6.45, 7) is 1.71. The number of nitrogens with one attached hydrogen (secondary N) is 2. The van der Waals surface area contributed by atoms with Gasteiger partial charge in [-0.05, 0) is 12.0 Å². The van der Waals surface area contributed by atoms with Crippen LogP contribution < -0.4 is 16.4 Å². The minimum Gasteiger partial charge on any atom is -0.370 e. The van der Waals surface area contributed by atoms with Crippen LogP contribution >= 0.6 is 0 Å². The predicted octanol–water partition coefficient (Wildman–Crippen LogP) is -0.275. The highest BCUT2D eigenvalue weighted by Crippen LogP contribution is 1.99. The van der Waals surface area contributed by atoms with Gasteiger partial charge in [-0.1, -0.05) is 30.3 Å². The Bertz CT molecular complexity index is 458. The van der Waals surface area contributed by atoms with E-state index < -0.39 is 17.9 Å². The van der Waals surface area contributed by atoms with Crippen molar-refractivity contribution >= 4 is 17.7 Å². The first-order valence-electron chi connectivity index (χ1n) is 6.36. The minimum atomic E-state index is -0.916. The van der Waals surface area contributed by atoms with Gasteiger partial charge in [0, 0.05) is 13.5 Å². The Labute approximate surface area is 117 Å². The van der Waals surface area contributed by atoms with Crippen molar-refractivity contribution in [2.75, 3.05) is 6.54 Å². The molecule has 0 spiro atoms. The van der Waals surface area contributed by atoms with Gasteiger partial charge in [0.2, 0.25) is 17.7 Å². The molecular formula is C14H19N3O3. The number of rotatable bonds is 7. The highest BCUT2D eigenvalue weighted by Gasteiger charge is 2.21. The average molecular weight is 277 g/mol. The molecule has 4 N–H and O–H groups in total. The maximum atomic E-state index is 11.9. The van der Waals surface area contributed by atoms with Crippen molar-refractivity contribution in [2.45, 2.75) is 25.8 Å². The third-order valence-electron chi connectivity index (χ3n) is 2.66. The topological polar surface area (TPSA) is 101 Å². The molecule has 0 radical (unpaired) electrons. The first-order valence-corrected chi connectivity index (χ1v) is 6.36. The zero-order valence-electron chi connectivity index (χ0n) is 11.4. The fraction of sp³-hybridized carbons (Fsp3) is 0.357. The van der Waals surface area contributed by atoms with E-state index in [1.54, 1.807) is 0 Å². The van der Waals surface area contributed by atoms with E-state index in [1.165, 1.54) is 6.92 Å². The lowest BCUT2D eigenvalue weighted by atomic mass is 10.1. The second kappa shape index (κ2) is 7.93. The summed E-state index contributed by atoms with van der Waals surface area (Å²) < 4.78 is 0. The van der Waals surface area contributed by atoms with Crippen LogP contribution in [0.3, 0.4) is 0 Å². The van der Waals surface area contributed by atoms with Crippen LogP contribution in [-0.2, 0) is 20.8 Å². The summed E-state index contributed by atoms with van der Waals surface area (Å²) in [5.74, 6) is -1.42. The maximum Gasteiger partial charge on any atom is 0.243 e. The molecule has 1 aromatic carbocycles. The Morgan fingerprint density at radius 3 is 2.40 bits per heavy atom. The molecule has 108 valence electrons. The van der Waals surface area contributed by atoms with E-state index in [4.69, 9.17) is 5.73 Å². The van der Waals surface area contributed by atoms with Crippen LogP contribution in [0.25, 0.3) is 0 Å². The zero-order valence-corrected chi connectivity index (χ0v) is 11.4. The van der Waals surface area contributed by atoms with Gasteiger partial charge in [-0.2, -0.15) is 0 Å². The van der Waals surface area contributed by atoms with Gasteiger partial charge in [0.1, 0.15) is 6.04 Å². The van der Waals surface area contributed by atoms with Crippen molar-refractivity contribution in [3.8, 4) is 0 Å². The number of nitrogens with two attached hydrogens (primary N) is 1. The summed E-state index contributed by atoms with van der Waals surface area (Å²) in [5.41, 5.74) is 6.15. The number of carbonyl (C=O) groups excluding carboxylic acids is 3. The van der Waals surface area contributed by atoms with Gasteiger partial charge in [0.15, 0.2) is 0 Å². The molecule has 1 rings (SSSR count). The van der Waals surface area contributed by atoms with Crippen LogP contribution in [0.5, 0.6) is 0 Å². The molecule has 0 aliphatic carbocycles. The molecule has 0 fully saturated rings. The summed E-state index contributed by atoms with van der Waals surface area (Å²) in [6, 6.07) is 8.76. The van der Waals surface area contributed by atoms with Gasteiger partial charge in [-0.15, -0.1) is 0 Å². The van der Waals surface area contributed by atoms with E-state index in [0.717, 1.165) is 5.56 Å². The largest absolute Gasteiger partial charge is 0.370 e. The molecule has 0 unspecified atom stereocenters. The van der Waals surface area contributed by atoms with Crippen LogP contribution in [0.2, 0.25) is 0 Å². The second-order valence-corrected chi connectivity index (χ2v) is 4.45. The third-order valence-corrected chi connectivity index (χ3v) is 2.66. The summed E-state index contributed by atoms with van der Waals surface area (Å²) in [4.78, 5) is 33.7. The van der Waals surface area contributed by atoms with E-state index in [-0.39, 0.29) is 12.3 Å². The molecule has 0 aliphatic rings. The van der Waals surface area contributed by atoms with E-state index in [1.807, 2.05) is 30.3 Å². The number of hydrogen-bond donors (Lipinski definition) is 3. The fourth-order valence-corrected chi connectivity index (χ4v) is 1.75. The van der Waals surface area contributed by atoms with Gasteiger partial charge in [0.25, 0.3) is 0 Å². The molecule has 0 aromatic heterocycles. The van der Waals surface area contributed by atoms with Crippen LogP contribution in [0, 0.1) is 0 Å². The number of carbonyl (C=O) groups is 3. The molecule has 0 saturated carbocycles. The quantitative estimate of drug-likeness (QED) is 0.639. The molecule has 6 nitrogen and oxygen atoms in total. The van der Waals surface area contributed by atoms with Crippen LogP contribution in [0.4, 0.5) is 0 Å². The van der Waals surface area contributed by atoms with E-state index >= 15 is 0 Å². The molecule has 0 heterocycles. The lowest BCUT2D eigenvalue weighted by Gasteiger charge is -2.16. The SMILES string of the molecule is CC(=O)N[C@H](CC(N)=O)C(=O)NCCc1ccccc1. The summed E-state index contributed by atoms with van der Waals surface area (Å²) in [6.07, 6.45) is 0.465. The predicted molar refractivity (Wildman–Crippen MR) is 74.6 cm³/mol. The van der Waals surface area contributed by atoms with Gasteiger partial charge in [0.05, 0.1) is 6.42 Å². The van der Waals surface area contributed by atoms with Crippen molar-refractivity contribution in [3.05, 3.63) is 35.9 Å². The van der Waals surface area contributed by atoms with Crippen LogP contribution in [0.15, 0.2) is 30.3 Å². The van der Waals surface area contributed by atoms with Crippen molar-refractivity contribution < 1.29 is 14.4 Å². The third kappa shape index (κ3) is 5.99. The van der Waals surface area contributed by atoms with Crippen molar-refractivity contribution in [1.29, 1.82) is 0 Å². The Kier molecular flexibility index (Phi) is 6.22. The lowest BCUT2D eigenvalue weighted by molar-refractivity contribution is -0.130. The standard InChI is InChI=1S/C14H19N3O3/c1-10(18)17-12(9-13(15)19)14(20)16-8-7-11-5-3-2-4-6-11/h2-6,12H,7-9H2,1H3,(H2,15,19)(H,16,20)(H,17,18)/t12-/m1/s1.